The Morgan fingerprint density at radius 2 is 1.62 bits per heavy atom. The molecule has 1 fully saturated rings. The number of hydrogen-bond donors (Lipinski definition) is 1. The number of hydrogen-bond acceptors (Lipinski definition) is 5. The van der Waals surface area contributed by atoms with Gasteiger partial charge in [-0.1, -0.05) is 18.2 Å². The molecule has 0 spiro atoms. The lowest BCUT2D eigenvalue weighted by atomic mass is 10.2. The minimum atomic E-state index is -0.182. The summed E-state index contributed by atoms with van der Waals surface area (Å²) >= 11 is 0. The zero-order chi connectivity index (χ0) is 16.9. The van der Waals surface area contributed by atoms with Crippen molar-refractivity contribution in [2.24, 2.45) is 0 Å². The molecule has 2 heterocycles. The summed E-state index contributed by atoms with van der Waals surface area (Å²) in [6.45, 7) is 7.52. The number of nitrogens with zero attached hydrogens (tertiary/aromatic N) is 4. The van der Waals surface area contributed by atoms with Gasteiger partial charge in [0, 0.05) is 37.9 Å². The quantitative estimate of drug-likeness (QED) is 0.931. The van der Waals surface area contributed by atoms with E-state index in [2.05, 4.69) is 49.6 Å². The van der Waals surface area contributed by atoms with Gasteiger partial charge in [0.15, 0.2) is 11.5 Å². The molecule has 126 valence electrons. The van der Waals surface area contributed by atoms with Crippen molar-refractivity contribution in [2.45, 2.75) is 19.9 Å². The van der Waals surface area contributed by atoms with Crippen LogP contribution >= 0.6 is 0 Å². The van der Waals surface area contributed by atoms with Crippen molar-refractivity contribution in [3.63, 3.8) is 0 Å². The fourth-order valence-electron chi connectivity index (χ4n) is 2.78. The van der Waals surface area contributed by atoms with Crippen LogP contribution in [0.15, 0.2) is 42.5 Å². The highest BCUT2D eigenvalue weighted by Crippen LogP contribution is 2.18. The Morgan fingerprint density at radius 3 is 2.21 bits per heavy atom. The maximum atomic E-state index is 11.9. The SMILES string of the molecule is CC(C)NC(=O)c1ccc(N2CCN(c3ccccc3)CC2)nn1. The lowest BCUT2D eigenvalue weighted by Gasteiger charge is -2.36. The number of para-hydroxylation sites is 1. The molecule has 24 heavy (non-hydrogen) atoms. The minimum absolute atomic E-state index is 0.0880. The molecule has 1 aliphatic rings. The number of rotatable bonds is 4. The maximum absolute atomic E-state index is 11.9. The van der Waals surface area contributed by atoms with E-state index in [1.807, 2.05) is 26.0 Å². The molecule has 0 atom stereocenters. The smallest absolute Gasteiger partial charge is 0.271 e. The highest BCUT2D eigenvalue weighted by atomic mass is 16.2. The average Bonchev–Trinajstić information content (AvgIpc) is 2.62. The number of anilines is 2. The Balaban J connectivity index is 1.59. The summed E-state index contributed by atoms with van der Waals surface area (Å²) in [6, 6.07) is 14.1. The average molecular weight is 325 g/mol. The number of carbonyl (C=O) groups is 1. The molecule has 1 N–H and O–H groups in total. The van der Waals surface area contributed by atoms with E-state index in [1.54, 1.807) is 6.07 Å². The van der Waals surface area contributed by atoms with Gasteiger partial charge >= 0.3 is 0 Å². The Hall–Kier alpha value is -2.63. The number of aromatic nitrogens is 2. The second kappa shape index (κ2) is 7.29. The Kier molecular flexibility index (Phi) is 4.93. The first-order chi connectivity index (χ1) is 11.6. The van der Waals surface area contributed by atoms with Crippen LogP contribution in [0.2, 0.25) is 0 Å². The Morgan fingerprint density at radius 1 is 0.958 bits per heavy atom. The van der Waals surface area contributed by atoms with Gasteiger partial charge in [0.25, 0.3) is 5.91 Å². The summed E-state index contributed by atoms with van der Waals surface area (Å²) in [7, 11) is 0. The number of amides is 1. The van der Waals surface area contributed by atoms with Crippen LogP contribution in [0.4, 0.5) is 11.5 Å². The van der Waals surface area contributed by atoms with Gasteiger partial charge in [-0.2, -0.15) is 0 Å². The third-order valence-electron chi connectivity index (χ3n) is 4.03. The van der Waals surface area contributed by atoms with Crippen molar-refractivity contribution in [1.29, 1.82) is 0 Å². The minimum Gasteiger partial charge on any atom is -0.368 e. The molecule has 6 heteroatoms. The molecule has 1 aliphatic heterocycles. The summed E-state index contributed by atoms with van der Waals surface area (Å²) in [5.74, 6) is 0.641. The van der Waals surface area contributed by atoms with Crippen LogP contribution in [0, 0.1) is 0 Å². The summed E-state index contributed by atoms with van der Waals surface area (Å²) in [4.78, 5) is 16.5. The van der Waals surface area contributed by atoms with Crippen molar-refractivity contribution in [2.75, 3.05) is 36.0 Å². The van der Waals surface area contributed by atoms with Gasteiger partial charge in [0.2, 0.25) is 0 Å². The van der Waals surface area contributed by atoms with Crippen LogP contribution in [0.3, 0.4) is 0 Å². The maximum Gasteiger partial charge on any atom is 0.271 e. The second-order valence-corrected chi connectivity index (χ2v) is 6.21. The summed E-state index contributed by atoms with van der Waals surface area (Å²) in [6.07, 6.45) is 0. The molecule has 1 amide bonds. The zero-order valence-corrected chi connectivity index (χ0v) is 14.1. The molecule has 0 radical (unpaired) electrons. The first kappa shape index (κ1) is 16.2. The predicted molar refractivity (Wildman–Crippen MR) is 95.5 cm³/mol. The third kappa shape index (κ3) is 3.82. The fourth-order valence-corrected chi connectivity index (χ4v) is 2.78. The van der Waals surface area contributed by atoms with Crippen LogP contribution in [-0.4, -0.2) is 48.3 Å². The topological polar surface area (TPSA) is 61.4 Å². The largest absolute Gasteiger partial charge is 0.368 e. The lowest BCUT2D eigenvalue weighted by molar-refractivity contribution is 0.0937. The van der Waals surface area contributed by atoms with Crippen LogP contribution in [-0.2, 0) is 0 Å². The molecule has 0 bridgehead atoms. The van der Waals surface area contributed by atoms with Crippen molar-refractivity contribution >= 4 is 17.4 Å². The summed E-state index contributed by atoms with van der Waals surface area (Å²) in [5, 5.41) is 11.1. The fraction of sp³-hybridized carbons (Fsp3) is 0.389. The van der Waals surface area contributed by atoms with Gasteiger partial charge in [0.1, 0.15) is 0 Å². The number of nitrogens with one attached hydrogen (secondary N) is 1. The van der Waals surface area contributed by atoms with E-state index in [0.29, 0.717) is 5.69 Å². The van der Waals surface area contributed by atoms with E-state index < -0.39 is 0 Å². The van der Waals surface area contributed by atoms with Crippen LogP contribution < -0.4 is 15.1 Å². The van der Waals surface area contributed by atoms with Gasteiger partial charge in [-0.3, -0.25) is 4.79 Å². The summed E-state index contributed by atoms with van der Waals surface area (Å²) in [5.41, 5.74) is 1.61. The zero-order valence-electron chi connectivity index (χ0n) is 14.1. The molecule has 2 aromatic rings. The first-order valence-electron chi connectivity index (χ1n) is 8.33. The van der Waals surface area contributed by atoms with E-state index in [4.69, 9.17) is 0 Å². The van der Waals surface area contributed by atoms with Crippen molar-refractivity contribution in [1.82, 2.24) is 15.5 Å². The van der Waals surface area contributed by atoms with Crippen LogP contribution in [0.25, 0.3) is 0 Å². The van der Waals surface area contributed by atoms with E-state index in [0.717, 1.165) is 32.0 Å². The van der Waals surface area contributed by atoms with E-state index in [9.17, 15) is 4.79 Å². The van der Waals surface area contributed by atoms with Crippen LogP contribution in [0.1, 0.15) is 24.3 Å². The van der Waals surface area contributed by atoms with E-state index >= 15 is 0 Å². The second-order valence-electron chi connectivity index (χ2n) is 6.21. The Bertz CT molecular complexity index is 664. The third-order valence-corrected chi connectivity index (χ3v) is 4.03. The lowest BCUT2D eigenvalue weighted by Crippen LogP contribution is -2.47. The number of piperazine rings is 1. The molecule has 0 aliphatic carbocycles. The number of carbonyl (C=O) groups excluding carboxylic acids is 1. The van der Waals surface area contributed by atoms with Crippen molar-refractivity contribution in [3.05, 3.63) is 48.2 Å². The summed E-state index contributed by atoms with van der Waals surface area (Å²) < 4.78 is 0. The van der Waals surface area contributed by atoms with Gasteiger partial charge in [-0.05, 0) is 38.1 Å². The van der Waals surface area contributed by atoms with E-state index in [-0.39, 0.29) is 11.9 Å². The highest BCUT2D eigenvalue weighted by molar-refractivity contribution is 5.92. The molecule has 6 nitrogen and oxygen atoms in total. The van der Waals surface area contributed by atoms with E-state index in [1.165, 1.54) is 5.69 Å². The number of benzene rings is 1. The van der Waals surface area contributed by atoms with Gasteiger partial charge < -0.3 is 15.1 Å². The standard InChI is InChI=1S/C18H23N5O/c1-14(2)19-18(24)16-8-9-17(21-20-16)23-12-10-22(11-13-23)15-6-4-3-5-7-15/h3-9,14H,10-13H2,1-2H3,(H,19,24). The molecule has 0 unspecified atom stereocenters. The molecule has 1 aromatic heterocycles. The normalized spacial score (nSPS) is 14.8. The van der Waals surface area contributed by atoms with Gasteiger partial charge in [-0.15, -0.1) is 10.2 Å². The first-order valence-corrected chi connectivity index (χ1v) is 8.33. The van der Waals surface area contributed by atoms with Crippen LogP contribution in [0.5, 0.6) is 0 Å². The Labute approximate surface area is 142 Å². The highest BCUT2D eigenvalue weighted by Gasteiger charge is 2.19. The molecule has 0 saturated carbocycles. The molecule has 1 aromatic carbocycles. The van der Waals surface area contributed by atoms with Crippen molar-refractivity contribution < 1.29 is 4.79 Å². The molecular weight excluding hydrogens is 302 g/mol. The molecule has 1 saturated heterocycles. The predicted octanol–water partition coefficient (Wildman–Crippen LogP) is 1.94. The van der Waals surface area contributed by atoms with Gasteiger partial charge in [-0.25, -0.2) is 0 Å². The van der Waals surface area contributed by atoms with Crippen molar-refractivity contribution in [3.8, 4) is 0 Å². The van der Waals surface area contributed by atoms with Gasteiger partial charge in [0.05, 0.1) is 0 Å². The molecule has 3 rings (SSSR count). The molecular formula is C18H23N5O. The monoisotopic (exact) mass is 325 g/mol.